The van der Waals surface area contributed by atoms with Gasteiger partial charge in [-0.3, -0.25) is 9.78 Å². The molecule has 2 rings (SSSR count). The monoisotopic (exact) mass is 286 g/mol. The van der Waals surface area contributed by atoms with Crippen molar-refractivity contribution in [1.82, 2.24) is 10.3 Å². The van der Waals surface area contributed by atoms with Crippen LogP contribution in [0.3, 0.4) is 0 Å². The Bertz CT molecular complexity index is 667. The molecule has 1 aromatic heterocycles. The van der Waals surface area contributed by atoms with E-state index in [9.17, 15) is 9.59 Å². The van der Waals surface area contributed by atoms with E-state index < -0.39 is 12.0 Å². The van der Waals surface area contributed by atoms with Crippen molar-refractivity contribution in [2.75, 3.05) is 0 Å². The van der Waals surface area contributed by atoms with Gasteiger partial charge >= 0.3 is 5.97 Å². The van der Waals surface area contributed by atoms with Crippen LogP contribution in [0.2, 0.25) is 0 Å². The first-order valence-corrected chi connectivity index (χ1v) is 6.86. The van der Waals surface area contributed by atoms with Crippen molar-refractivity contribution in [3.8, 4) is 0 Å². The summed E-state index contributed by atoms with van der Waals surface area (Å²) < 4.78 is 0. The number of rotatable bonds is 5. The summed E-state index contributed by atoms with van der Waals surface area (Å²) in [5, 5.41) is 12.6. The van der Waals surface area contributed by atoms with Gasteiger partial charge < -0.3 is 10.4 Å². The van der Waals surface area contributed by atoms with Crippen molar-refractivity contribution >= 4 is 22.8 Å². The molecular weight excluding hydrogens is 268 g/mol. The summed E-state index contributed by atoms with van der Waals surface area (Å²) in [6.45, 7) is 3.84. The molecule has 0 fully saturated rings. The maximum Gasteiger partial charge on any atom is 0.326 e. The molecule has 21 heavy (non-hydrogen) atoms. The van der Waals surface area contributed by atoms with Gasteiger partial charge in [0, 0.05) is 17.1 Å². The average Bonchev–Trinajstić information content (AvgIpc) is 2.45. The zero-order chi connectivity index (χ0) is 15.4. The zero-order valence-corrected chi connectivity index (χ0v) is 12.0. The molecule has 0 saturated heterocycles. The first-order chi connectivity index (χ1) is 9.97. The van der Waals surface area contributed by atoms with Gasteiger partial charge in [0.1, 0.15) is 6.04 Å². The molecule has 0 bridgehead atoms. The van der Waals surface area contributed by atoms with Gasteiger partial charge in [0.2, 0.25) is 0 Å². The Morgan fingerprint density at radius 1 is 1.29 bits per heavy atom. The van der Waals surface area contributed by atoms with Crippen LogP contribution in [0.4, 0.5) is 0 Å². The number of carboxylic acids is 1. The molecule has 1 heterocycles. The second kappa shape index (κ2) is 6.35. The van der Waals surface area contributed by atoms with E-state index in [1.807, 2.05) is 19.9 Å². The largest absolute Gasteiger partial charge is 0.480 e. The van der Waals surface area contributed by atoms with E-state index in [2.05, 4.69) is 10.3 Å². The van der Waals surface area contributed by atoms with Gasteiger partial charge in [0.05, 0.1) is 5.52 Å². The molecule has 1 amide bonds. The maximum absolute atomic E-state index is 12.2. The molecule has 110 valence electrons. The zero-order valence-electron chi connectivity index (χ0n) is 12.0. The van der Waals surface area contributed by atoms with Crippen molar-refractivity contribution in [1.29, 1.82) is 0 Å². The predicted octanol–water partition coefficient (Wildman–Crippen LogP) is 2.46. The predicted molar refractivity (Wildman–Crippen MR) is 80.1 cm³/mol. The summed E-state index contributed by atoms with van der Waals surface area (Å²) in [7, 11) is 0. The molecule has 0 unspecified atom stereocenters. The van der Waals surface area contributed by atoms with Crippen LogP contribution in [-0.2, 0) is 4.79 Å². The molecule has 2 aromatic rings. The van der Waals surface area contributed by atoms with Crippen LogP contribution in [0.1, 0.15) is 30.6 Å². The number of amides is 1. The Kier molecular flexibility index (Phi) is 4.52. The second-order valence-corrected chi connectivity index (χ2v) is 5.40. The lowest BCUT2D eigenvalue weighted by atomic mass is 10.0. The summed E-state index contributed by atoms with van der Waals surface area (Å²) in [5.41, 5.74) is 1.23. The highest BCUT2D eigenvalue weighted by Gasteiger charge is 2.21. The molecule has 1 aromatic carbocycles. The lowest BCUT2D eigenvalue weighted by molar-refractivity contribution is -0.139. The highest BCUT2D eigenvalue weighted by atomic mass is 16.4. The number of carboxylic acid groups (broad SMARTS) is 1. The van der Waals surface area contributed by atoms with Crippen molar-refractivity contribution in [3.63, 3.8) is 0 Å². The van der Waals surface area contributed by atoms with E-state index in [4.69, 9.17) is 5.11 Å². The Hall–Kier alpha value is -2.43. The number of aromatic nitrogens is 1. The Morgan fingerprint density at radius 3 is 2.71 bits per heavy atom. The molecule has 2 N–H and O–H groups in total. The molecule has 0 saturated carbocycles. The van der Waals surface area contributed by atoms with Crippen molar-refractivity contribution in [3.05, 3.63) is 42.1 Å². The quantitative estimate of drug-likeness (QED) is 0.885. The number of carbonyl (C=O) groups is 2. The van der Waals surface area contributed by atoms with E-state index in [1.54, 1.807) is 30.5 Å². The van der Waals surface area contributed by atoms with Crippen LogP contribution in [0.15, 0.2) is 36.5 Å². The van der Waals surface area contributed by atoms with Crippen molar-refractivity contribution in [2.24, 2.45) is 5.92 Å². The second-order valence-electron chi connectivity index (χ2n) is 5.40. The van der Waals surface area contributed by atoms with Crippen LogP contribution in [-0.4, -0.2) is 28.0 Å². The third kappa shape index (κ3) is 3.78. The summed E-state index contributed by atoms with van der Waals surface area (Å²) in [6, 6.07) is 7.90. The number of fused-ring (bicyclic) bond motifs is 1. The number of nitrogens with one attached hydrogen (secondary N) is 1. The Balaban J connectivity index is 2.19. The van der Waals surface area contributed by atoms with Crippen LogP contribution < -0.4 is 5.32 Å². The molecule has 0 spiro atoms. The van der Waals surface area contributed by atoms with Crippen molar-refractivity contribution < 1.29 is 14.7 Å². The molecule has 0 aliphatic rings. The molecule has 0 radical (unpaired) electrons. The number of benzene rings is 1. The minimum absolute atomic E-state index is 0.187. The molecule has 1 atom stereocenters. The highest BCUT2D eigenvalue weighted by Crippen LogP contribution is 2.14. The first-order valence-electron chi connectivity index (χ1n) is 6.86. The van der Waals surface area contributed by atoms with Gasteiger partial charge in [-0.2, -0.15) is 0 Å². The van der Waals surface area contributed by atoms with Gasteiger partial charge in [0.15, 0.2) is 0 Å². The summed E-state index contributed by atoms with van der Waals surface area (Å²) in [5.74, 6) is -1.21. The number of aliphatic carboxylic acids is 1. The normalized spacial score (nSPS) is 12.3. The summed E-state index contributed by atoms with van der Waals surface area (Å²) in [4.78, 5) is 27.6. The van der Waals surface area contributed by atoms with Crippen LogP contribution in [0.5, 0.6) is 0 Å². The van der Waals surface area contributed by atoms with E-state index in [0.29, 0.717) is 12.0 Å². The standard InChI is InChI=1S/C16H18N2O3/c1-10(2)8-14(16(20)21)18-15(19)12-5-6-13-11(9-12)4-3-7-17-13/h3-7,9-10,14H,8H2,1-2H3,(H,18,19)(H,20,21)/t14-/m1/s1. The number of hydrogen-bond donors (Lipinski definition) is 2. The van der Waals surface area contributed by atoms with E-state index in [-0.39, 0.29) is 11.8 Å². The fourth-order valence-electron chi connectivity index (χ4n) is 2.15. The summed E-state index contributed by atoms with van der Waals surface area (Å²) >= 11 is 0. The van der Waals surface area contributed by atoms with Gasteiger partial charge in [-0.25, -0.2) is 4.79 Å². The smallest absolute Gasteiger partial charge is 0.326 e. The lowest BCUT2D eigenvalue weighted by Crippen LogP contribution is -2.41. The van der Waals surface area contributed by atoms with Crippen LogP contribution in [0, 0.1) is 5.92 Å². The minimum atomic E-state index is -1.01. The Morgan fingerprint density at radius 2 is 2.05 bits per heavy atom. The molecular formula is C16H18N2O3. The number of pyridine rings is 1. The fourth-order valence-corrected chi connectivity index (χ4v) is 2.15. The van der Waals surface area contributed by atoms with Gasteiger partial charge in [-0.1, -0.05) is 19.9 Å². The van der Waals surface area contributed by atoms with E-state index in [0.717, 1.165) is 10.9 Å². The van der Waals surface area contributed by atoms with Gasteiger partial charge in [-0.05, 0) is 36.6 Å². The third-order valence-corrected chi connectivity index (χ3v) is 3.18. The number of carbonyl (C=O) groups excluding carboxylic acids is 1. The van der Waals surface area contributed by atoms with Gasteiger partial charge in [0.25, 0.3) is 5.91 Å². The number of hydrogen-bond acceptors (Lipinski definition) is 3. The Labute approximate surface area is 123 Å². The topological polar surface area (TPSA) is 79.3 Å². The van der Waals surface area contributed by atoms with Crippen LogP contribution in [0.25, 0.3) is 10.9 Å². The molecule has 0 aliphatic carbocycles. The molecule has 5 heteroatoms. The average molecular weight is 286 g/mol. The lowest BCUT2D eigenvalue weighted by Gasteiger charge is -2.16. The van der Waals surface area contributed by atoms with Crippen molar-refractivity contribution in [2.45, 2.75) is 26.3 Å². The SMILES string of the molecule is CC(C)C[C@@H](NC(=O)c1ccc2ncccc2c1)C(=O)O. The maximum atomic E-state index is 12.2. The minimum Gasteiger partial charge on any atom is -0.480 e. The van der Waals surface area contributed by atoms with E-state index in [1.165, 1.54) is 0 Å². The van der Waals surface area contributed by atoms with E-state index >= 15 is 0 Å². The summed E-state index contributed by atoms with van der Waals surface area (Å²) in [6.07, 6.45) is 2.08. The molecule has 0 aliphatic heterocycles. The third-order valence-electron chi connectivity index (χ3n) is 3.18. The van der Waals surface area contributed by atoms with Crippen LogP contribution >= 0.6 is 0 Å². The number of nitrogens with zero attached hydrogens (tertiary/aromatic N) is 1. The van der Waals surface area contributed by atoms with Gasteiger partial charge in [-0.15, -0.1) is 0 Å². The molecule has 5 nitrogen and oxygen atoms in total. The fraction of sp³-hybridized carbons (Fsp3) is 0.312. The highest BCUT2D eigenvalue weighted by molar-refractivity contribution is 5.99. The first kappa shape index (κ1) is 15.0.